The Labute approximate surface area is 150 Å². The van der Waals surface area contributed by atoms with Crippen molar-refractivity contribution in [3.8, 4) is 11.6 Å². The smallest absolute Gasteiger partial charge is 0.255 e. The molecule has 0 aliphatic carbocycles. The summed E-state index contributed by atoms with van der Waals surface area (Å²) in [6.45, 7) is 1.13. The lowest BCUT2D eigenvalue weighted by Gasteiger charge is -2.12. The highest BCUT2D eigenvalue weighted by molar-refractivity contribution is 5.96. The first kappa shape index (κ1) is 17.6. The topological polar surface area (TPSA) is 91.2 Å². The van der Waals surface area contributed by atoms with Crippen molar-refractivity contribution in [3.05, 3.63) is 66.4 Å². The van der Waals surface area contributed by atoms with Crippen LogP contribution in [0.1, 0.15) is 15.9 Å². The standard InChI is InChI=1S/C18H19N5O3/c1-25-9-10-26-16-7-3-2-6-15(16)18(24)21-11-14-5-4-8-20-17(14)23-13-19-12-22-23/h2-8,12-13H,9-11H2,1H3,(H,21,24). The normalized spacial score (nSPS) is 10.5. The van der Waals surface area contributed by atoms with Gasteiger partial charge in [0.05, 0.1) is 12.2 Å². The van der Waals surface area contributed by atoms with Crippen molar-refractivity contribution >= 4 is 5.91 Å². The molecule has 0 unspecified atom stereocenters. The molecule has 1 aromatic carbocycles. The van der Waals surface area contributed by atoms with Gasteiger partial charge in [-0.1, -0.05) is 18.2 Å². The minimum atomic E-state index is -0.230. The van der Waals surface area contributed by atoms with Crippen LogP contribution in [0.3, 0.4) is 0 Å². The number of hydrogen-bond donors (Lipinski definition) is 1. The number of nitrogens with one attached hydrogen (secondary N) is 1. The van der Waals surface area contributed by atoms with E-state index >= 15 is 0 Å². The molecule has 0 spiro atoms. The molecule has 1 amide bonds. The first-order chi connectivity index (χ1) is 12.8. The molecule has 26 heavy (non-hydrogen) atoms. The van der Waals surface area contributed by atoms with E-state index in [0.29, 0.717) is 36.9 Å². The average Bonchev–Trinajstić information content (AvgIpc) is 3.21. The molecule has 8 nitrogen and oxygen atoms in total. The number of pyridine rings is 1. The zero-order chi connectivity index (χ0) is 18.2. The zero-order valence-electron chi connectivity index (χ0n) is 14.3. The van der Waals surface area contributed by atoms with Gasteiger partial charge < -0.3 is 14.8 Å². The largest absolute Gasteiger partial charge is 0.490 e. The van der Waals surface area contributed by atoms with E-state index in [2.05, 4.69) is 20.4 Å². The van der Waals surface area contributed by atoms with Gasteiger partial charge in [-0.15, -0.1) is 0 Å². The molecule has 0 aliphatic heterocycles. The Balaban J connectivity index is 1.71. The quantitative estimate of drug-likeness (QED) is 0.619. The van der Waals surface area contributed by atoms with Gasteiger partial charge >= 0.3 is 0 Å². The number of carbonyl (C=O) groups excluding carboxylic acids is 1. The summed E-state index contributed by atoms with van der Waals surface area (Å²) in [6, 6.07) is 10.8. The lowest BCUT2D eigenvalue weighted by atomic mass is 10.1. The monoisotopic (exact) mass is 353 g/mol. The average molecular weight is 353 g/mol. The molecule has 2 aromatic heterocycles. The van der Waals surface area contributed by atoms with Crippen LogP contribution in [0.5, 0.6) is 5.75 Å². The Bertz CT molecular complexity index is 852. The molecular weight excluding hydrogens is 334 g/mol. The number of nitrogens with zero attached hydrogens (tertiary/aromatic N) is 4. The fraction of sp³-hybridized carbons (Fsp3) is 0.222. The molecule has 134 valence electrons. The number of benzene rings is 1. The van der Waals surface area contributed by atoms with Crippen LogP contribution in [0.4, 0.5) is 0 Å². The van der Waals surface area contributed by atoms with Crippen molar-refractivity contribution in [1.29, 1.82) is 0 Å². The molecule has 0 bridgehead atoms. The number of amides is 1. The van der Waals surface area contributed by atoms with Crippen molar-refractivity contribution in [2.24, 2.45) is 0 Å². The van der Waals surface area contributed by atoms with Crippen LogP contribution in [0.15, 0.2) is 55.2 Å². The summed E-state index contributed by atoms with van der Waals surface area (Å²) in [4.78, 5) is 20.8. The molecule has 0 fully saturated rings. The fourth-order valence-corrected chi connectivity index (χ4v) is 2.38. The van der Waals surface area contributed by atoms with E-state index in [1.165, 1.54) is 6.33 Å². The highest BCUT2D eigenvalue weighted by Crippen LogP contribution is 2.18. The second-order valence-electron chi connectivity index (χ2n) is 5.35. The molecular formula is C18H19N5O3. The van der Waals surface area contributed by atoms with E-state index < -0.39 is 0 Å². The van der Waals surface area contributed by atoms with E-state index in [1.54, 1.807) is 42.5 Å². The predicted octanol–water partition coefficient (Wildman–Crippen LogP) is 1.62. The van der Waals surface area contributed by atoms with E-state index in [-0.39, 0.29) is 5.91 Å². The van der Waals surface area contributed by atoms with Gasteiger partial charge in [0, 0.05) is 25.4 Å². The number of carbonyl (C=O) groups is 1. The number of aromatic nitrogens is 4. The van der Waals surface area contributed by atoms with Crippen molar-refractivity contribution < 1.29 is 14.3 Å². The van der Waals surface area contributed by atoms with Gasteiger partial charge in [-0.05, 0) is 18.2 Å². The number of methoxy groups -OCH3 is 1. The molecule has 0 saturated heterocycles. The van der Waals surface area contributed by atoms with Crippen LogP contribution in [0.25, 0.3) is 5.82 Å². The molecule has 0 saturated carbocycles. The maximum absolute atomic E-state index is 12.6. The third-order valence-electron chi connectivity index (χ3n) is 3.62. The van der Waals surface area contributed by atoms with Crippen molar-refractivity contribution in [3.63, 3.8) is 0 Å². The van der Waals surface area contributed by atoms with E-state index in [9.17, 15) is 4.79 Å². The van der Waals surface area contributed by atoms with Crippen LogP contribution in [0.2, 0.25) is 0 Å². The summed E-state index contributed by atoms with van der Waals surface area (Å²) >= 11 is 0. The Morgan fingerprint density at radius 3 is 2.88 bits per heavy atom. The Kier molecular flexibility index (Phi) is 5.89. The molecule has 8 heteroatoms. The number of ether oxygens (including phenoxy) is 2. The summed E-state index contributed by atoms with van der Waals surface area (Å²) in [5.74, 6) is 0.908. The summed E-state index contributed by atoms with van der Waals surface area (Å²) < 4.78 is 12.1. The summed E-state index contributed by atoms with van der Waals surface area (Å²) in [5, 5.41) is 6.98. The minimum absolute atomic E-state index is 0.230. The Morgan fingerprint density at radius 2 is 2.08 bits per heavy atom. The van der Waals surface area contributed by atoms with Crippen LogP contribution in [0, 0.1) is 0 Å². The van der Waals surface area contributed by atoms with E-state index in [4.69, 9.17) is 9.47 Å². The SMILES string of the molecule is COCCOc1ccccc1C(=O)NCc1cccnc1-n1cncn1. The van der Waals surface area contributed by atoms with Gasteiger partial charge in [0.1, 0.15) is 25.0 Å². The van der Waals surface area contributed by atoms with Gasteiger partial charge in [-0.2, -0.15) is 5.10 Å². The molecule has 0 radical (unpaired) electrons. The molecule has 3 rings (SSSR count). The van der Waals surface area contributed by atoms with Crippen molar-refractivity contribution in [2.75, 3.05) is 20.3 Å². The van der Waals surface area contributed by atoms with Gasteiger partial charge in [-0.3, -0.25) is 4.79 Å². The van der Waals surface area contributed by atoms with Crippen LogP contribution in [-0.2, 0) is 11.3 Å². The van der Waals surface area contributed by atoms with Crippen LogP contribution >= 0.6 is 0 Å². The van der Waals surface area contributed by atoms with Gasteiger partial charge in [0.15, 0.2) is 5.82 Å². The minimum Gasteiger partial charge on any atom is -0.490 e. The lowest BCUT2D eigenvalue weighted by Crippen LogP contribution is -2.24. The highest BCUT2D eigenvalue weighted by atomic mass is 16.5. The van der Waals surface area contributed by atoms with Crippen molar-refractivity contribution in [2.45, 2.75) is 6.54 Å². The zero-order valence-corrected chi connectivity index (χ0v) is 14.3. The molecule has 0 aliphatic rings. The summed E-state index contributed by atoms with van der Waals surface area (Å²) in [7, 11) is 1.60. The fourth-order valence-electron chi connectivity index (χ4n) is 2.38. The molecule has 2 heterocycles. The Hall–Kier alpha value is -3.26. The van der Waals surface area contributed by atoms with Crippen molar-refractivity contribution in [1.82, 2.24) is 25.1 Å². The maximum atomic E-state index is 12.6. The molecule has 3 aromatic rings. The van der Waals surface area contributed by atoms with Gasteiger partial charge in [0.25, 0.3) is 5.91 Å². The van der Waals surface area contributed by atoms with Crippen LogP contribution in [-0.4, -0.2) is 46.0 Å². The highest BCUT2D eigenvalue weighted by Gasteiger charge is 2.13. The van der Waals surface area contributed by atoms with Gasteiger partial charge in [-0.25, -0.2) is 14.6 Å². The third-order valence-corrected chi connectivity index (χ3v) is 3.62. The maximum Gasteiger partial charge on any atom is 0.255 e. The first-order valence-electron chi connectivity index (χ1n) is 8.07. The van der Waals surface area contributed by atoms with Gasteiger partial charge in [0.2, 0.25) is 0 Å². The number of para-hydroxylation sites is 1. The second-order valence-corrected chi connectivity index (χ2v) is 5.35. The lowest BCUT2D eigenvalue weighted by molar-refractivity contribution is 0.0943. The molecule has 0 atom stereocenters. The third kappa shape index (κ3) is 4.22. The predicted molar refractivity (Wildman–Crippen MR) is 94.1 cm³/mol. The number of hydrogen-bond acceptors (Lipinski definition) is 6. The second kappa shape index (κ2) is 8.72. The first-order valence-corrected chi connectivity index (χ1v) is 8.07. The van der Waals surface area contributed by atoms with Crippen LogP contribution < -0.4 is 10.1 Å². The Morgan fingerprint density at radius 1 is 1.19 bits per heavy atom. The summed E-state index contributed by atoms with van der Waals surface area (Å²) in [6.07, 6.45) is 4.67. The molecule has 1 N–H and O–H groups in total. The van der Waals surface area contributed by atoms with E-state index in [0.717, 1.165) is 5.56 Å². The van der Waals surface area contributed by atoms with E-state index in [1.807, 2.05) is 18.2 Å². The number of rotatable bonds is 8. The summed E-state index contributed by atoms with van der Waals surface area (Å²) in [5.41, 5.74) is 1.29.